The number of hydrogen-bond donors (Lipinski definition) is 0. The molecule has 0 radical (unpaired) electrons. The lowest BCUT2D eigenvalue weighted by Crippen LogP contribution is -2.08. The molecule has 1 unspecified atom stereocenters. The second-order valence-corrected chi connectivity index (χ2v) is 10.9. The van der Waals surface area contributed by atoms with Crippen LogP contribution in [0, 0.1) is 0 Å². The Bertz CT molecular complexity index is 1120. The summed E-state index contributed by atoms with van der Waals surface area (Å²) in [4.78, 5) is 0. The van der Waals surface area contributed by atoms with Crippen LogP contribution in [-0.2, 0) is 0 Å². The van der Waals surface area contributed by atoms with E-state index in [9.17, 15) is 0 Å². The van der Waals surface area contributed by atoms with Gasteiger partial charge in [0.2, 0.25) is 0 Å². The molecule has 0 fully saturated rings. The van der Waals surface area contributed by atoms with Crippen LogP contribution in [0.2, 0.25) is 0 Å². The summed E-state index contributed by atoms with van der Waals surface area (Å²) in [5.74, 6) is 2.27. The van der Waals surface area contributed by atoms with Crippen molar-refractivity contribution >= 4 is 5.57 Å². The summed E-state index contributed by atoms with van der Waals surface area (Å²) in [6.07, 6.45) is 2.59. The second kappa shape index (κ2) is 9.34. The Balaban J connectivity index is 2.04. The predicted molar refractivity (Wildman–Crippen MR) is 145 cm³/mol. The van der Waals surface area contributed by atoms with Gasteiger partial charge in [-0.05, 0) is 73.8 Å². The summed E-state index contributed by atoms with van der Waals surface area (Å²) in [5, 5.41) is 0. The van der Waals surface area contributed by atoms with Gasteiger partial charge in [-0.2, -0.15) is 0 Å². The molecule has 0 spiro atoms. The molecule has 0 aliphatic heterocycles. The number of rotatable bonds is 6. The molecule has 33 heavy (non-hydrogen) atoms. The Kier molecular flexibility index (Phi) is 6.66. The van der Waals surface area contributed by atoms with Gasteiger partial charge in [0.25, 0.3) is 0 Å². The quantitative estimate of drug-likeness (QED) is 0.361. The van der Waals surface area contributed by atoms with Crippen molar-refractivity contribution in [2.45, 2.75) is 85.0 Å². The van der Waals surface area contributed by atoms with Crippen LogP contribution in [-0.4, -0.2) is 0 Å². The zero-order valence-corrected chi connectivity index (χ0v) is 21.7. The van der Waals surface area contributed by atoms with E-state index in [2.05, 4.69) is 122 Å². The summed E-state index contributed by atoms with van der Waals surface area (Å²) in [6, 6.07) is 23.0. The normalized spacial score (nSPS) is 15.6. The molecule has 0 bridgehead atoms. The molecule has 1 atom stereocenters. The number of allylic oxidation sites excluding steroid dienone is 1. The first-order valence-electron chi connectivity index (χ1n) is 12.8. The molecular weight excluding hydrogens is 396 g/mol. The van der Waals surface area contributed by atoms with Crippen LogP contribution in [0.1, 0.15) is 129 Å². The third-order valence-corrected chi connectivity index (χ3v) is 7.29. The lowest BCUT2D eigenvalue weighted by molar-refractivity contribution is 0.790. The smallest absolute Gasteiger partial charge is 0.0290 e. The maximum absolute atomic E-state index is 2.59. The fourth-order valence-electron chi connectivity index (χ4n) is 5.65. The van der Waals surface area contributed by atoms with Crippen molar-refractivity contribution in [1.29, 1.82) is 0 Å². The van der Waals surface area contributed by atoms with Crippen molar-refractivity contribution in [3.63, 3.8) is 0 Å². The van der Waals surface area contributed by atoms with Gasteiger partial charge in [0.1, 0.15) is 0 Å². The summed E-state index contributed by atoms with van der Waals surface area (Å²) in [7, 11) is 0. The van der Waals surface area contributed by atoms with Crippen LogP contribution < -0.4 is 0 Å². The first-order chi connectivity index (χ1) is 15.7. The molecule has 0 aromatic heterocycles. The van der Waals surface area contributed by atoms with Crippen molar-refractivity contribution < 1.29 is 0 Å². The molecule has 0 N–H and O–H groups in total. The summed E-state index contributed by atoms with van der Waals surface area (Å²) in [6.45, 7) is 18.6. The minimum absolute atomic E-state index is 0.299. The average Bonchev–Trinajstić information content (AvgIpc) is 3.16. The van der Waals surface area contributed by atoms with E-state index < -0.39 is 0 Å². The Morgan fingerprint density at radius 3 is 1.45 bits per heavy atom. The first kappa shape index (κ1) is 23.6. The fraction of sp³-hybridized carbons (Fsp3) is 0.394. The molecule has 0 nitrogen and oxygen atoms in total. The molecule has 0 heterocycles. The Morgan fingerprint density at radius 2 is 0.970 bits per heavy atom. The van der Waals surface area contributed by atoms with Crippen molar-refractivity contribution in [3.05, 3.63) is 111 Å². The lowest BCUT2D eigenvalue weighted by atomic mass is 9.80. The minimum Gasteiger partial charge on any atom is -0.0641 e. The van der Waals surface area contributed by atoms with E-state index in [-0.39, 0.29) is 0 Å². The van der Waals surface area contributed by atoms with E-state index in [1.54, 1.807) is 0 Å². The van der Waals surface area contributed by atoms with Gasteiger partial charge < -0.3 is 0 Å². The second-order valence-electron chi connectivity index (χ2n) is 10.9. The highest BCUT2D eigenvalue weighted by Gasteiger charge is 2.31. The zero-order chi connectivity index (χ0) is 23.9. The van der Waals surface area contributed by atoms with Gasteiger partial charge in [-0.1, -0.05) is 122 Å². The molecule has 172 valence electrons. The zero-order valence-electron chi connectivity index (χ0n) is 21.7. The third-order valence-electron chi connectivity index (χ3n) is 7.29. The highest BCUT2D eigenvalue weighted by Crippen LogP contribution is 2.49. The summed E-state index contributed by atoms with van der Waals surface area (Å²) < 4.78 is 0. The van der Waals surface area contributed by atoms with Gasteiger partial charge in [0.05, 0.1) is 0 Å². The van der Waals surface area contributed by atoms with Crippen molar-refractivity contribution in [2.24, 2.45) is 0 Å². The molecule has 0 heteroatoms. The SMILES string of the molecule is CC(C)c1cccc(C(C)C)c1C1=CC(c2c(C(C)C)cccc2C(C)C)c2ccccc21. The molecule has 0 amide bonds. The van der Waals surface area contributed by atoms with E-state index in [1.807, 2.05) is 0 Å². The van der Waals surface area contributed by atoms with Crippen molar-refractivity contribution in [3.8, 4) is 0 Å². The van der Waals surface area contributed by atoms with Gasteiger partial charge in [0, 0.05) is 5.92 Å². The standard InChI is InChI=1S/C33H40/c1-20(2)24-15-11-16-25(21(3)4)32(24)30-19-31(29-14-10-9-13-28(29)30)33-26(22(5)6)17-12-18-27(33)23(7)8/h9-23,30H,1-8H3. The predicted octanol–water partition coefficient (Wildman–Crippen LogP) is 9.76. The molecular formula is C33H40. The molecule has 3 aromatic rings. The van der Waals surface area contributed by atoms with Crippen molar-refractivity contribution in [2.75, 3.05) is 0 Å². The highest BCUT2D eigenvalue weighted by molar-refractivity contribution is 5.90. The van der Waals surface area contributed by atoms with Gasteiger partial charge >= 0.3 is 0 Å². The monoisotopic (exact) mass is 436 g/mol. The molecule has 0 saturated heterocycles. The molecule has 3 aromatic carbocycles. The average molecular weight is 437 g/mol. The van der Waals surface area contributed by atoms with Crippen molar-refractivity contribution in [1.82, 2.24) is 0 Å². The number of fused-ring (bicyclic) bond motifs is 1. The minimum atomic E-state index is 0.299. The van der Waals surface area contributed by atoms with Gasteiger partial charge in [-0.3, -0.25) is 0 Å². The lowest BCUT2D eigenvalue weighted by Gasteiger charge is -2.24. The van der Waals surface area contributed by atoms with Crippen LogP contribution >= 0.6 is 0 Å². The Labute approximate surface area is 201 Å². The summed E-state index contributed by atoms with van der Waals surface area (Å²) in [5.41, 5.74) is 13.2. The van der Waals surface area contributed by atoms with E-state index in [0.717, 1.165) is 0 Å². The van der Waals surface area contributed by atoms with Crippen LogP contribution in [0.4, 0.5) is 0 Å². The van der Waals surface area contributed by atoms with E-state index in [0.29, 0.717) is 29.6 Å². The highest BCUT2D eigenvalue weighted by atomic mass is 14.3. The number of benzene rings is 3. The molecule has 0 saturated carbocycles. The Hall–Kier alpha value is -2.60. The Morgan fingerprint density at radius 1 is 0.515 bits per heavy atom. The summed E-state index contributed by atoms with van der Waals surface area (Å²) >= 11 is 0. The van der Waals surface area contributed by atoms with E-state index >= 15 is 0 Å². The van der Waals surface area contributed by atoms with Crippen LogP contribution in [0.5, 0.6) is 0 Å². The van der Waals surface area contributed by atoms with Crippen LogP contribution in [0.25, 0.3) is 5.57 Å². The first-order valence-corrected chi connectivity index (χ1v) is 12.8. The van der Waals surface area contributed by atoms with Gasteiger partial charge in [-0.15, -0.1) is 0 Å². The largest absolute Gasteiger partial charge is 0.0641 e. The number of hydrogen-bond acceptors (Lipinski definition) is 0. The van der Waals surface area contributed by atoms with Gasteiger partial charge in [-0.25, -0.2) is 0 Å². The van der Waals surface area contributed by atoms with Gasteiger partial charge in [0.15, 0.2) is 0 Å². The molecule has 1 aliphatic rings. The van der Waals surface area contributed by atoms with Crippen LogP contribution in [0.3, 0.4) is 0 Å². The van der Waals surface area contributed by atoms with Crippen LogP contribution in [0.15, 0.2) is 66.7 Å². The third kappa shape index (κ3) is 4.21. The fourth-order valence-corrected chi connectivity index (χ4v) is 5.65. The maximum atomic E-state index is 2.59. The molecule has 4 rings (SSSR count). The van der Waals surface area contributed by atoms with E-state index in [1.165, 1.54) is 50.1 Å². The topological polar surface area (TPSA) is 0 Å². The molecule has 1 aliphatic carbocycles. The maximum Gasteiger partial charge on any atom is 0.0290 e. The van der Waals surface area contributed by atoms with E-state index in [4.69, 9.17) is 0 Å².